The van der Waals surface area contributed by atoms with Crippen LogP contribution in [-0.2, 0) is 9.47 Å². The van der Waals surface area contributed by atoms with E-state index in [1.807, 2.05) is 0 Å². The van der Waals surface area contributed by atoms with Crippen LogP contribution in [0, 0.1) is 5.92 Å². The molecule has 1 atom stereocenters. The lowest BCUT2D eigenvalue weighted by Crippen LogP contribution is -2.41. The summed E-state index contributed by atoms with van der Waals surface area (Å²) in [5.41, 5.74) is 0. The Morgan fingerprint density at radius 3 is 1.82 bits per heavy atom. The van der Waals surface area contributed by atoms with Gasteiger partial charge >= 0.3 is 0 Å². The predicted molar refractivity (Wildman–Crippen MR) is 121 cm³/mol. The van der Waals surface area contributed by atoms with Crippen molar-refractivity contribution in [2.45, 2.75) is 111 Å². The number of ether oxygens (including phenoxy) is 2. The maximum absolute atomic E-state index is 9.34. The van der Waals surface area contributed by atoms with Crippen molar-refractivity contribution in [2.75, 3.05) is 39.5 Å². The van der Waals surface area contributed by atoms with Crippen molar-refractivity contribution >= 4 is 0 Å². The number of rotatable bonds is 21. The molecule has 1 unspecified atom stereocenters. The van der Waals surface area contributed by atoms with Gasteiger partial charge in [-0.15, -0.1) is 0 Å². The van der Waals surface area contributed by atoms with Crippen LogP contribution in [0.5, 0.6) is 0 Å². The van der Waals surface area contributed by atoms with E-state index in [-0.39, 0.29) is 6.61 Å². The molecule has 0 aliphatic heterocycles. The number of hydrogen-bond acceptors (Lipinski definition) is 4. The number of aliphatic hydroxyl groups is 1. The molecule has 0 radical (unpaired) electrons. The maximum atomic E-state index is 9.34. The van der Waals surface area contributed by atoms with Gasteiger partial charge in [-0.05, 0) is 59.5 Å². The second-order valence-electron chi connectivity index (χ2n) is 8.20. The summed E-state index contributed by atoms with van der Waals surface area (Å²) in [6.07, 6.45) is 13.8. The fourth-order valence-corrected chi connectivity index (χ4v) is 4.11. The topological polar surface area (TPSA) is 41.9 Å². The first-order valence-corrected chi connectivity index (χ1v) is 12.2. The standard InChI is InChI=1S/C24H51NO3/c1-6-10-12-13-14-15-17-23(24(5,27-8-3)28-9-4)18-16-20-25(21-22-26)19-11-7-2/h23,26H,6-22H2,1-5H3. The molecule has 0 aromatic rings. The van der Waals surface area contributed by atoms with E-state index in [0.717, 1.165) is 32.5 Å². The molecule has 0 spiro atoms. The number of nitrogens with zero attached hydrogens (tertiary/aromatic N) is 1. The summed E-state index contributed by atoms with van der Waals surface area (Å²) in [5, 5.41) is 9.34. The second kappa shape index (κ2) is 18.8. The van der Waals surface area contributed by atoms with Crippen LogP contribution in [-0.4, -0.2) is 55.2 Å². The van der Waals surface area contributed by atoms with Crippen molar-refractivity contribution in [3.63, 3.8) is 0 Å². The van der Waals surface area contributed by atoms with Crippen LogP contribution in [0.4, 0.5) is 0 Å². The Balaban J connectivity index is 4.67. The molecule has 4 nitrogen and oxygen atoms in total. The Labute approximate surface area is 176 Å². The number of hydrogen-bond donors (Lipinski definition) is 1. The highest BCUT2D eigenvalue weighted by Gasteiger charge is 2.35. The van der Waals surface area contributed by atoms with Gasteiger partial charge in [0.25, 0.3) is 0 Å². The molecule has 0 saturated carbocycles. The zero-order valence-corrected chi connectivity index (χ0v) is 19.8. The highest BCUT2D eigenvalue weighted by atomic mass is 16.7. The van der Waals surface area contributed by atoms with E-state index in [0.29, 0.717) is 19.1 Å². The van der Waals surface area contributed by atoms with Crippen LogP contribution in [0.25, 0.3) is 0 Å². The average Bonchev–Trinajstić information content (AvgIpc) is 2.67. The van der Waals surface area contributed by atoms with Gasteiger partial charge < -0.3 is 19.5 Å². The summed E-state index contributed by atoms with van der Waals surface area (Å²) in [4.78, 5) is 2.41. The van der Waals surface area contributed by atoms with Gasteiger partial charge in [0.15, 0.2) is 5.79 Å². The first-order chi connectivity index (χ1) is 13.6. The lowest BCUT2D eigenvalue weighted by Gasteiger charge is -2.37. The van der Waals surface area contributed by atoms with E-state index < -0.39 is 5.79 Å². The van der Waals surface area contributed by atoms with Gasteiger partial charge in [-0.2, -0.15) is 0 Å². The Morgan fingerprint density at radius 2 is 1.25 bits per heavy atom. The normalized spacial score (nSPS) is 13.4. The summed E-state index contributed by atoms with van der Waals surface area (Å²) >= 11 is 0. The number of aliphatic hydroxyl groups excluding tert-OH is 1. The summed E-state index contributed by atoms with van der Waals surface area (Å²) in [7, 11) is 0. The molecule has 28 heavy (non-hydrogen) atoms. The van der Waals surface area contributed by atoms with Crippen LogP contribution < -0.4 is 0 Å². The Hall–Kier alpha value is -0.160. The van der Waals surface area contributed by atoms with Crippen molar-refractivity contribution in [3.05, 3.63) is 0 Å². The first-order valence-electron chi connectivity index (χ1n) is 12.2. The van der Waals surface area contributed by atoms with Crippen molar-refractivity contribution < 1.29 is 14.6 Å². The fourth-order valence-electron chi connectivity index (χ4n) is 4.11. The fraction of sp³-hybridized carbons (Fsp3) is 1.00. The lowest BCUT2D eigenvalue weighted by atomic mass is 9.88. The van der Waals surface area contributed by atoms with E-state index in [4.69, 9.17) is 9.47 Å². The lowest BCUT2D eigenvalue weighted by molar-refractivity contribution is -0.254. The van der Waals surface area contributed by atoms with Crippen molar-refractivity contribution in [2.24, 2.45) is 5.92 Å². The first kappa shape index (κ1) is 27.8. The van der Waals surface area contributed by atoms with Crippen LogP contribution in [0.2, 0.25) is 0 Å². The molecule has 0 aliphatic rings. The quantitative estimate of drug-likeness (QED) is 0.189. The van der Waals surface area contributed by atoms with Crippen LogP contribution in [0.1, 0.15) is 105 Å². The third-order valence-electron chi connectivity index (χ3n) is 5.78. The monoisotopic (exact) mass is 401 g/mol. The minimum Gasteiger partial charge on any atom is -0.395 e. The van der Waals surface area contributed by atoms with Crippen molar-refractivity contribution in [1.82, 2.24) is 4.90 Å². The Bertz CT molecular complexity index is 319. The molecule has 0 aromatic carbocycles. The minimum absolute atomic E-state index is 0.251. The van der Waals surface area contributed by atoms with Crippen LogP contribution in [0.15, 0.2) is 0 Å². The highest BCUT2D eigenvalue weighted by Crippen LogP contribution is 2.32. The van der Waals surface area contributed by atoms with Gasteiger partial charge in [-0.3, -0.25) is 0 Å². The smallest absolute Gasteiger partial charge is 0.168 e. The molecule has 4 heteroatoms. The average molecular weight is 402 g/mol. The van der Waals surface area contributed by atoms with Gasteiger partial charge in [0.05, 0.1) is 6.61 Å². The molecule has 0 rings (SSSR count). The van der Waals surface area contributed by atoms with E-state index in [9.17, 15) is 5.11 Å². The van der Waals surface area contributed by atoms with Crippen molar-refractivity contribution in [1.29, 1.82) is 0 Å². The number of unbranched alkanes of at least 4 members (excludes halogenated alkanes) is 6. The zero-order valence-electron chi connectivity index (χ0n) is 19.8. The maximum Gasteiger partial charge on any atom is 0.168 e. The van der Waals surface area contributed by atoms with Crippen LogP contribution in [0.3, 0.4) is 0 Å². The van der Waals surface area contributed by atoms with E-state index >= 15 is 0 Å². The molecule has 0 heterocycles. The highest BCUT2D eigenvalue weighted by molar-refractivity contribution is 4.77. The molecule has 0 aromatic heterocycles. The minimum atomic E-state index is -0.474. The molecule has 1 N–H and O–H groups in total. The molecule has 0 aliphatic carbocycles. The van der Waals surface area contributed by atoms with Crippen molar-refractivity contribution in [3.8, 4) is 0 Å². The summed E-state index contributed by atoms with van der Waals surface area (Å²) in [6, 6.07) is 0. The zero-order chi connectivity index (χ0) is 21.1. The van der Waals surface area contributed by atoms with Crippen LogP contribution >= 0.6 is 0 Å². The molecule has 170 valence electrons. The SMILES string of the molecule is CCCCCCCCC(CCCN(CCO)CCCC)C(C)(OCC)OCC. The third kappa shape index (κ3) is 13.1. The molecule has 0 amide bonds. The largest absolute Gasteiger partial charge is 0.395 e. The Morgan fingerprint density at radius 1 is 0.714 bits per heavy atom. The molecule has 0 fully saturated rings. The Kier molecular flexibility index (Phi) is 18.7. The van der Waals surface area contributed by atoms with Gasteiger partial charge in [-0.25, -0.2) is 0 Å². The summed E-state index contributed by atoms with van der Waals surface area (Å²) in [5.74, 6) is -0.0428. The van der Waals surface area contributed by atoms with Gasteiger partial charge in [0.1, 0.15) is 0 Å². The summed E-state index contributed by atoms with van der Waals surface area (Å²) in [6.45, 7) is 15.3. The molecule has 0 bridgehead atoms. The van der Waals surface area contributed by atoms with Gasteiger partial charge in [0.2, 0.25) is 0 Å². The third-order valence-corrected chi connectivity index (χ3v) is 5.78. The summed E-state index contributed by atoms with van der Waals surface area (Å²) < 4.78 is 12.2. The molecular weight excluding hydrogens is 350 g/mol. The van der Waals surface area contributed by atoms with E-state index in [1.54, 1.807) is 0 Å². The second-order valence-corrected chi connectivity index (χ2v) is 8.20. The molecule has 0 saturated heterocycles. The van der Waals surface area contributed by atoms with Gasteiger partial charge in [-0.1, -0.05) is 58.8 Å². The predicted octanol–water partition coefficient (Wildman–Crippen LogP) is 6.02. The van der Waals surface area contributed by atoms with E-state index in [2.05, 4.69) is 39.5 Å². The van der Waals surface area contributed by atoms with E-state index in [1.165, 1.54) is 57.8 Å². The molecular formula is C24H51NO3. The van der Waals surface area contributed by atoms with Gasteiger partial charge in [0, 0.05) is 25.7 Å².